The zero-order valence-electron chi connectivity index (χ0n) is 24.3. The second kappa shape index (κ2) is 12.5. The predicted octanol–water partition coefficient (Wildman–Crippen LogP) is 6.70. The molecule has 0 aromatic heterocycles. The highest BCUT2D eigenvalue weighted by Gasteiger charge is 2.34. The molecule has 42 heavy (non-hydrogen) atoms. The number of anilines is 2. The first-order valence-corrected chi connectivity index (χ1v) is 15.3. The van der Waals surface area contributed by atoms with Gasteiger partial charge in [0.15, 0.2) is 0 Å². The van der Waals surface area contributed by atoms with Gasteiger partial charge in [-0.05, 0) is 116 Å². The quantitative estimate of drug-likeness (QED) is 0.268. The molecule has 0 bridgehead atoms. The van der Waals surface area contributed by atoms with E-state index in [1.807, 2.05) is 48.5 Å². The maximum Gasteiger partial charge on any atom is 0.303 e. The number of rotatable bonds is 11. The highest BCUT2D eigenvalue weighted by Crippen LogP contribution is 2.45. The molecule has 3 aromatic rings. The molecule has 220 valence electrons. The summed E-state index contributed by atoms with van der Waals surface area (Å²) in [7, 11) is 1.65. The maximum atomic E-state index is 13.5. The summed E-state index contributed by atoms with van der Waals surface area (Å²) in [5, 5.41) is 12.5. The van der Waals surface area contributed by atoms with Crippen LogP contribution in [-0.2, 0) is 17.6 Å². The van der Waals surface area contributed by atoms with E-state index >= 15 is 0 Å². The van der Waals surface area contributed by atoms with E-state index in [9.17, 15) is 14.7 Å². The molecule has 6 rings (SSSR count). The average molecular weight is 569 g/mol. The molecule has 1 unspecified atom stereocenters. The number of piperidine rings is 1. The number of methoxy groups -OCH3 is 1. The molecule has 0 spiro atoms. The zero-order chi connectivity index (χ0) is 29.1. The van der Waals surface area contributed by atoms with Crippen molar-refractivity contribution in [1.82, 2.24) is 0 Å². The lowest BCUT2D eigenvalue weighted by molar-refractivity contribution is -0.137. The van der Waals surface area contributed by atoms with Crippen LogP contribution < -0.4 is 19.7 Å². The third kappa shape index (κ3) is 6.56. The summed E-state index contributed by atoms with van der Waals surface area (Å²) in [6, 6.07) is 19.9. The molecule has 3 aromatic carbocycles. The molecule has 1 aliphatic heterocycles. The van der Waals surface area contributed by atoms with Gasteiger partial charge in [0.1, 0.15) is 11.5 Å². The fourth-order valence-corrected chi connectivity index (χ4v) is 6.57. The lowest BCUT2D eigenvalue weighted by atomic mass is 9.91. The van der Waals surface area contributed by atoms with Gasteiger partial charge in [0.05, 0.1) is 31.4 Å². The fraction of sp³-hybridized carbons (Fsp3) is 0.429. The molecule has 1 amide bonds. The molecule has 1 atom stereocenters. The van der Waals surface area contributed by atoms with Crippen molar-refractivity contribution in [2.24, 2.45) is 11.8 Å². The molecule has 7 nitrogen and oxygen atoms in total. The number of fused-ring (bicyclic) bond motifs is 1. The van der Waals surface area contributed by atoms with Crippen LogP contribution in [0.1, 0.15) is 71.5 Å². The molecule has 3 aliphatic rings. The largest absolute Gasteiger partial charge is 0.497 e. The van der Waals surface area contributed by atoms with Gasteiger partial charge in [0, 0.05) is 24.8 Å². The normalized spacial score (nSPS) is 17.4. The van der Waals surface area contributed by atoms with Crippen molar-refractivity contribution in [1.29, 1.82) is 0 Å². The van der Waals surface area contributed by atoms with Gasteiger partial charge < -0.3 is 24.8 Å². The smallest absolute Gasteiger partial charge is 0.303 e. The topological polar surface area (TPSA) is 88.1 Å². The summed E-state index contributed by atoms with van der Waals surface area (Å²) in [6.45, 7) is 2.26. The monoisotopic (exact) mass is 568 g/mol. The Balaban J connectivity index is 1.08. The van der Waals surface area contributed by atoms with E-state index in [1.165, 1.54) is 17.5 Å². The van der Waals surface area contributed by atoms with Gasteiger partial charge in [0.2, 0.25) is 0 Å². The highest BCUT2D eigenvalue weighted by atomic mass is 16.5. The molecule has 2 fully saturated rings. The van der Waals surface area contributed by atoms with Crippen molar-refractivity contribution in [2.45, 2.75) is 57.3 Å². The molecule has 1 saturated heterocycles. The molecule has 0 radical (unpaired) electrons. The maximum absolute atomic E-state index is 13.5. The number of aliphatic carboxylic acids is 1. The summed E-state index contributed by atoms with van der Waals surface area (Å²) in [5.41, 5.74) is 6.17. The van der Waals surface area contributed by atoms with Gasteiger partial charge >= 0.3 is 5.97 Å². The number of amides is 1. The van der Waals surface area contributed by atoms with E-state index < -0.39 is 5.97 Å². The van der Waals surface area contributed by atoms with Gasteiger partial charge in [-0.15, -0.1) is 0 Å². The molecule has 1 heterocycles. The summed E-state index contributed by atoms with van der Waals surface area (Å²) >= 11 is 0. The minimum absolute atomic E-state index is 0.0613. The molecule has 1 saturated carbocycles. The first-order chi connectivity index (χ1) is 20.5. The van der Waals surface area contributed by atoms with Crippen molar-refractivity contribution >= 4 is 23.3 Å². The zero-order valence-corrected chi connectivity index (χ0v) is 24.3. The van der Waals surface area contributed by atoms with Crippen LogP contribution in [0, 0.1) is 11.8 Å². The van der Waals surface area contributed by atoms with E-state index in [0.29, 0.717) is 24.0 Å². The van der Waals surface area contributed by atoms with Crippen LogP contribution in [-0.4, -0.2) is 43.8 Å². The first-order valence-electron chi connectivity index (χ1n) is 15.3. The Labute approximate surface area is 247 Å². The van der Waals surface area contributed by atoms with Gasteiger partial charge in [-0.3, -0.25) is 9.59 Å². The van der Waals surface area contributed by atoms with Crippen LogP contribution >= 0.6 is 0 Å². The minimum atomic E-state index is -0.745. The van der Waals surface area contributed by atoms with Crippen LogP contribution in [0.25, 0.3) is 0 Å². The summed E-state index contributed by atoms with van der Waals surface area (Å²) < 4.78 is 11.7. The molecule has 2 N–H and O–H groups in total. The fourth-order valence-electron chi connectivity index (χ4n) is 6.57. The van der Waals surface area contributed by atoms with E-state index in [2.05, 4.69) is 22.3 Å². The summed E-state index contributed by atoms with van der Waals surface area (Å²) in [5.74, 6) is 1.62. The second-order valence-electron chi connectivity index (χ2n) is 12.0. The van der Waals surface area contributed by atoms with E-state index in [1.54, 1.807) is 7.11 Å². The Morgan fingerprint density at radius 1 is 0.952 bits per heavy atom. The number of hydrogen-bond acceptors (Lipinski definition) is 5. The van der Waals surface area contributed by atoms with Crippen molar-refractivity contribution in [2.75, 3.05) is 37.0 Å². The number of carbonyl (C=O) groups is 2. The number of benzene rings is 3. The standard InChI is InChI=1S/C35H40N2O5/c1-41-29-12-13-31(35(40)36-28-11-10-24-4-2-5-26(24)18-28)33(20-29)37-16-14-23(15-17-37)22-42-30-7-3-6-27(19-30)32(21-34(38)39)25-8-9-25/h3,6-7,10-13,18-20,23,25,32H,2,4-5,8-9,14-17,21-22H2,1H3,(H,36,40)(H,38,39). The Hall–Kier alpha value is -4.00. The second-order valence-corrected chi connectivity index (χ2v) is 12.0. The van der Waals surface area contributed by atoms with Gasteiger partial charge in [-0.25, -0.2) is 0 Å². The summed E-state index contributed by atoms with van der Waals surface area (Å²) in [6.07, 6.45) is 7.65. The van der Waals surface area contributed by atoms with Crippen LogP contribution in [0.4, 0.5) is 11.4 Å². The van der Waals surface area contributed by atoms with Crippen molar-refractivity contribution in [3.05, 3.63) is 82.9 Å². The number of carboxylic acid groups (broad SMARTS) is 1. The highest BCUT2D eigenvalue weighted by molar-refractivity contribution is 6.08. The van der Waals surface area contributed by atoms with Crippen molar-refractivity contribution < 1.29 is 24.2 Å². The predicted molar refractivity (Wildman–Crippen MR) is 164 cm³/mol. The van der Waals surface area contributed by atoms with Crippen LogP contribution in [0.15, 0.2) is 60.7 Å². The molecular weight excluding hydrogens is 528 g/mol. The number of carbonyl (C=O) groups excluding carboxylic acids is 1. The molecule has 7 heteroatoms. The Morgan fingerprint density at radius 3 is 2.52 bits per heavy atom. The van der Waals surface area contributed by atoms with Crippen molar-refractivity contribution in [3.8, 4) is 11.5 Å². The van der Waals surface area contributed by atoms with Crippen LogP contribution in [0.5, 0.6) is 11.5 Å². The number of hydrogen-bond donors (Lipinski definition) is 2. The number of nitrogens with zero attached hydrogens (tertiary/aromatic N) is 1. The van der Waals surface area contributed by atoms with Gasteiger partial charge in [-0.1, -0.05) is 18.2 Å². The van der Waals surface area contributed by atoms with E-state index in [0.717, 1.165) is 80.1 Å². The Morgan fingerprint density at radius 2 is 1.76 bits per heavy atom. The summed E-state index contributed by atoms with van der Waals surface area (Å²) in [4.78, 5) is 27.1. The molecule has 2 aliphatic carbocycles. The number of aryl methyl sites for hydroxylation is 2. The van der Waals surface area contributed by atoms with E-state index in [4.69, 9.17) is 9.47 Å². The van der Waals surface area contributed by atoms with Crippen molar-refractivity contribution in [3.63, 3.8) is 0 Å². The Kier molecular flexibility index (Phi) is 8.36. The SMILES string of the molecule is COc1ccc(C(=O)Nc2ccc3c(c2)CCC3)c(N2CCC(COc3cccc(C(CC(=O)O)C4CC4)c3)CC2)c1. The molecular formula is C35H40N2O5. The van der Waals surface area contributed by atoms with Gasteiger partial charge in [0.25, 0.3) is 5.91 Å². The van der Waals surface area contributed by atoms with E-state index in [-0.39, 0.29) is 18.2 Å². The third-order valence-electron chi connectivity index (χ3n) is 9.12. The van der Waals surface area contributed by atoms with Crippen LogP contribution in [0.2, 0.25) is 0 Å². The lowest BCUT2D eigenvalue weighted by Gasteiger charge is -2.34. The minimum Gasteiger partial charge on any atom is -0.497 e. The average Bonchev–Trinajstić information content (AvgIpc) is 3.75. The van der Waals surface area contributed by atoms with Crippen LogP contribution in [0.3, 0.4) is 0 Å². The third-order valence-corrected chi connectivity index (χ3v) is 9.12. The number of carboxylic acids is 1. The first kappa shape index (κ1) is 28.1. The number of ether oxygens (including phenoxy) is 2. The number of nitrogens with one attached hydrogen (secondary N) is 1. The lowest BCUT2D eigenvalue weighted by Crippen LogP contribution is -2.36. The Bertz CT molecular complexity index is 1440. The van der Waals surface area contributed by atoms with Gasteiger partial charge in [-0.2, -0.15) is 0 Å².